The lowest BCUT2D eigenvalue weighted by atomic mass is 10.5. The topological polar surface area (TPSA) is 128 Å². The predicted molar refractivity (Wildman–Crippen MR) is 61.6 cm³/mol. The Kier molecular flexibility index (Phi) is 6.61. The molecule has 0 aliphatic heterocycles. The minimum atomic E-state index is -0.647. The molecule has 0 aromatic rings. The number of aliphatic imine (C=N–C) groups is 1. The van der Waals surface area contributed by atoms with Crippen molar-refractivity contribution in [2.75, 3.05) is 5.75 Å². The summed E-state index contributed by atoms with van der Waals surface area (Å²) in [7, 11) is 0. The average molecular weight is 244 g/mol. The van der Waals surface area contributed by atoms with Crippen molar-refractivity contribution in [3.63, 3.8) is 0 Å². The maximum absolute atomic E-state index is 11.2. The number of carbonyl (C=O) groups excluding carboxylic acids is 3. The van der Waals surface area contributed by atoms with Gasteiger partial charge in [0, 0.05) is 13.1 Å². The number of amides is 3. The van der Waals surface area contributed by atoms with Crippen molar-refractivity contribution in [2.45, 2.75) is 6.92 Å². The molecule has 16 heavy (non-hydrogen) atoms. The van der Waals surface area contributed by atoms with Gasteiger partial charge in [0.25, 0.3) is 5.24 Å². The van der Waals surface area contributed by atoms with Gasteiger partial charge in [-0.05, 0) is 0 Å². The fraction of sp³-hybridized carbons (Fsp3) is 0.250. The first-order valence-corrected chi connectivity index (χ1v) is 5.13. The predicted octanol–water partition coefficient (Wildman–Crippen LogP) is -0.668. The van der Waals surface area contributed by atoms with Gasteiger partial charge in [0.15, 0.2) is 0 Å². The third kappa shape index (κ3) is 7.56. The molecule has 0 rings (SSSR count). The van der Waals surface area contributed by atoms with Crippen LogP contribution in [0.4, 0.5) is 4.79 Å². The molecule has 5 N–H and O–H groups in total. The zero-order valence-corrected chi connectivity index (χ0v) is 9.41. The molecule has 0 unspecified atom stereocenters. The van der Waals surface area contributed by atoms with E-state index in [1.54, 1.807) is 0 Å². The van der Waals surface area contributed by atoms with E-state index in [1.165, 1.54) is 6.92 Å². The van der Waals surface area contributed by atoms with Crippen LogP contribution in [0.1, 0.15) is 6.92 Å². The van der Waals surface area contributed by atoms with Crippen LogP contribution in [-0.4, -0.2) is 29.0 Å². The number of nitrogens with two attached hydrogens (primary N) is 2. The van der Waals surface area contributed by atoms with E-state index < -0.39 is 17.1 Å². The Labute approximate surface area is 96.3 Å². The van der Waals surface area contributed by atoms with Crippen molar-refractivity contribution in [1.82, 2.24) is 5.32 Å². The lowest BCUT2D eigenvalue weighted by Crippen LogP contribution is -2.27. The first kappa shape index (κ1) is 14.2. The number of hydrogen-bond donors (Lipinski definition) is 3. The number of hydrogen-bond acceptors (Lipinski definition) is 5. The van der Waals surface area contributed by atoms with E-state index in [9.17, 15) is 14.4 Å². The quantitative estimate of drug-likeness (QED) is 0.565. The molecule has 0 aliphatic rings. The van der Waals surface area contributed by atoms with E-state index in [0.717, 1.165) is 12.4 Å². The average Bonchev–Trinajstić information content (AvgIpc) is 2.20. The lowest BCUT2D eigenvalue weighted by Gasteiger charge is -2.02. The Balaban J connectivity index is 4.19. The number of rotatable bonds is 4. The molecule has 0 saturated heterocycles. The minimum Gasteiger partial charge on any atom is -0.403 e. The molecule has 3 amide bonds. The van der Waals surface area contributed by atoms with Gasteiger partial charge in [0.2, 0.25) is 11.8 Å². The van der Waals surface area contributed by atoms with Crippen molar-refractivity contribution < 1.29 is 14.4 Å². The van der Waals surface area contributed by atoms with Crippen LogP contribution in [-0.2, 0) is 9.59 Å². The van der Waals surface area contributed by atoms with Crippen molar-refractivity contribution in [3.8, 4) is 0 Å². The van der Waals surface area contributed by atoms with Gasteiger partial charge >= 0.3 is 0 Å². The highest BCUT2D eigenvalue weighted by Gasteiger charge is 2.05. The van der Waals surface area contributed by atoms with Crippen LogP contribution in [0.5, 0.6) is 0 Å². The molecule has 0 heterocycles. The van der Waals surface area contributed by atoms with Crippen molar-refractivity contribution in [2.24, 2.45) is 16.5 Å². The molecule has 7 nitrogen and oxygen atoms in total. The van der Waals surface area contributed by atoms with Gasteiger partial charge in [-0.15, -0.1) is 0 Å². The Morgan fingerprint density at radius 2 is 2.06 bits per heavy atom. The van der Waals surface area contributed by atoms with E-state index in [1.807, 2.05) is 0 Å². The van der Waals surface area contributed by atoms with Crippen molar-refractivity contribution in [1.29, 1.82) is 0 Å². The monoisotopic (exact) mass is 244 g/mol. The molecular weight excluding hydrogens is 232 g/mol. The van der Waals surface area contributed by atoms with E-state index >= 15 is 0 Å². The molecule has 0 radical (unpaired) electrons. The molecule has 0 fully saturated rings. The number of nitrogens with one attached hydrogen (secondary N) is 1. The zero-order chi connectivity index (χ0) is 12.6. The number of allylic oxidation sites excluding steroid dienone is 1. The van der Waals surface area contributed by atoms with Crippen LogP contribution < -0.4 is 16.8 Å². The summed E-state index contributed by atoms with van der Waals surface area (Å²) in [6, 6.07) is 0. The molecule has 88 valence electrons. The van der Waals surface area contributed by atoms with E-state index in [-0.39, 0.29) is 11.4 Å². The van der Waals surface area contributed by atoms with Gasteiger partial charge in [0.05, 0.1) is 17.7 Å². The second-order valence-electron chi connectivity index (χ2n) is 2.56. The van der Waals surface area contributed by atoms with Gasteiger partial charge in [-0.2, -0.15) is 0 Å². The summed E-state index contributed by atoms with van der Waals surface area (Å²) in [6.45, 7) is 1.26. The largest absolute Gasteiger partial charge is 0.403 e. The summed E-state index contributed by atoms with van der Waals surface area (Å²) in [5.41, 5.74) is 10.2. The lowest BCUT2D eigenvalue weighted by molar-refractivity contribution is -0.118. The van der Waals surface area contributed by atoms with Gasteiger partial charge < -0.3 is 16.8 Å². The standard InChI is InChI=1S/C8H12N4O3S/c1-5(13)11-3-6(2-9)12-7(14)4-16-8(10)15/h2-3H,4,9H2,1H3,(H2,10,15)(H,12,14)/b6-2+,11-3?. The number of nitrogens with zero attached hydrogens (tertiary/aromatic N) is 1. The van der Waals surface area contributed by atoms with E-state index in [0.29, 0.717) is 11.8 Å². The van der Waals surface area contributed by atoms with Crippen LogP contribution in [0.2, 0.25) is 0 Å². The summed E-state index contributed by atoms with van der Waals surface area (Å²) < 4.78 is 0. The minimum absolute atomic E-state index is 0.124. The first-order valence-electron chi connectivity index (χ1n) is 4.14. The Morgan fingerprint density at radius 1 is 1.44 bits per heavy atom. The number of primary amides is 1. The van der Waals surface area contributed by atoms with Crippen molar-refractivity contribution in [3.05, 3.63) is 11.9 Å². The van der Waals surface area contributed by atoms with Crippen LogP contribution in [0.25, 0.3) is 0 Å². The molecule has 0 atom stereocenters. The summed E-state index contributed by atoms with van der Waals surface area (Å²) >= 11 is 0.664. The second kappa shape index (κ2) is 7.46. The Bertz CT molecular complexity index is 351. The molecule has 0 spiro atoms. The fourth-order valence-corrected chi connectivity index (χ4v) is 0.957. The van der Waals surface area contributed by atoms with Gasteiger partial charge in [0.1, 0.15) is 0 Å². The van der Waals surface area contributed by atoms with E-state index in [4.69, 9.17) is 11.5 Å². The molecule has 0 aromatic heterocycles. The SMILES string of the molecule is CC(=O)N=C/C(=C\N)NC(=O)CSC(N)=O. The van der Waals surface area contributed by atoms with E-state index in [2.05, 4.69) is 10.3 Å². The third-order valence-electron chi connectivity index (χ3n) is 1.19. The molecule has 0 aliphatic carbocycles. The van der Waals surface area contributed by atoms with Crippen LogP contribution >= 0.6 is 11.8 Å². The second-order valence-corrected chi connectivity index (χ2v) is 3.53. The summed E-state index contributed by atoms with van der Waals surface area (Å²) in [5.74, 6) is -1.00. The highest BCUT2D eigenvalue weighted by atomic mass is 32.2. The molecule has 8 heteroatoms. The Morgan fingerprint density at radius 3 is 2.50 bits per heavy atom. The third-order valence-corrected chi connectivity index (χ3v) is 1.89. The van der Waals surface area contributed by atoms with Gasteiger partial charge in [-0.1, -0.05) is 11.8 Å². The molecule has 0 saturated carbocycles. The zero-order valence-electron chi connectivity index (χ0n) is 8.60. The first-order chi connectivity index (χ1) is 7.45. The fourth-order valence-electron chi connectivity index (χ4n) is 0.611. The molecule has 0 aromatic carbocycles. The summed E-state index contributed by atoms with van der Waals surface area (Å²) in [6.07, 6.45) is 2.20. The molecular formula is C8H12N4O3S. The molecule has 0 bridgehead atoms. The number of carbonyl (C=O) groups is 3. The van der Waals surface area contributed by atoms with Gasteiger partial charge in [-0.25, -0.2) is 4.99 Å². The van der Waals surface area contributed by atoms with Gasteiger partial charge in [-0.3, -0.25) is 14.4 Å². The normalized spacial score (nSPS) is 11.4. The van der Waals surface area contributed by atoms with Crippen LogP contribution in [0.3, 0.4) is 0 Å². The maximum Gasteiger partial charge on any atom is 0.276 e. The highest BCUT2D eigenvalue weighted by molar-refractivity contribution is 8.14. The Hall–Kier alpha value is -1.83. The highest BCUT2D eigenvalue weighted by Crippen LogP contribution is 1.98. The summed E-state index contributed by atoms with van der Waals surface area (Å²) in [5, 5.41) is 1.70. The smallest absolute Gasteiger partial charge is 0.276 e. The van der Waals surface area contributed by atoms with Crippen LogP contribution in [0, 0.1) is 0 Å². The summed E-state index contributed by atoms with van der Waals surface area (Å²) in [4.78, 5) is 35.5. The van der Waals surface area contributed by atoms with Crippen molar-refractivity contribution >= 4 is 35.0 Å². The maximum atomic E-state index is 11.2. The van der Waals surface area contributed by atoms with Crippen LogP contribution in [0.15, 0.2) is 16.9 Å². The number of thioether (sulfide) groups is 1.